The van der Waals surface area contributed by atoms with Gasteiger partial charge in [-0.3, -0.25) is 14.3 Å². The van der Waals surface area contributed by atoms with Gasteiger partial charge in [-0.05, 0) is 18.8 Å². The Kier molecular flexibility index (Phi) is 6.30. The van der Waals surface area contributed by atoms with E-state index in [0.717, 1.165) is 12.8 Å². The number of H-pyrrole nitrogens is 1. The van der Waals surface area contributed by atoms with Crippen LogP contribution in [0, 0.1) is 5.92 Å². The Morgan fingerprint density at radius 2 is 2.05 bits per heavy atom. The fraction of sp³-hybridized carbons (Fsp3) is 0.692. The van der Waals surface area contributed by atoms with Gasteiger partial charge >= 0.3 is 5.69 Å². The normalized spacial score (nSPS) is 11.0. The molecule has 7 heteroatoms. The summed E-state index contributed by atoms with van der Waals surface area (Å²) in [5.74, 6) is 0.453. The minimum atomic E-state index is -0.473. The number of nitrogens with two attached hydrogens (primary N) is 1. The summed E-state index contributed by atoms with van der Waals surface area (Å²) in [4.78, 5) is 25.8. The van der Waals surface area contributed by atoms with Gasteiger partial charge in [0.05, 0.1) is 0 Å². The molecule has 20 heavy (non-hydrogen) atoms. The van der Waals surface area contributed by atoms with E-state index in [0.29, 0.717) is 19.7 Å². The highest BCUT2D eigenvalue weighted by atomic mass is 16.5. The lowest BCUT2D eigenvalue weighted by atomic mass is 10.2. The number of unbranched alkanes of at least 4 members (excludes halogenated alkanes) is 1. The number of aromatic nitrogens is 2. The van der Waals surface area contributed by atoms with Crippen molar-refractivity contribution in [2.24, 2.45) is 5.92 Å². The molecule has 0 spiro atoms. The summed E-state index contributed by atoms with van der Waals surface area (Å²) in [6, 6.07) is 0. The van der Waals surface area contributed by atoms with Crippen LogP contribution in [-0.2, 0) is 11.3 Å². The highest BCUT2D eigenvalue weighted by Gasteiger charge is 2.12. The summed E-state index contributed by atoms with van der Waals surface area (Å²) in [5.41, 5.74) is 5.26. The van der Waals surface area contributed by atoms with E-state index in [1.54, 1.807) is 7.11 Å². The van der Waals surface area contributed by atoms with E-state index in [2.05, 4.69) is 10.3 Å². The molecular formula is C13H24N4O3. The molecule has 1 heterocycles. The summed E-state index contributed by atoms with van der Waals surface area (Å²) in [6.45, 7) is 5.72. The monoisotopic (exact) mass is 284 g/mol. The smallest absolute Gasteiger partial charge is 0.330 e. The molecule has 114 valence electrons. The second kappa shape index (κ2) is 7.74. The second-order valence-electron chi connectivity index (χ2n) is 5.15. The van der Waals surface area contributed by atoms with E-state index in [1.165, 1.54) is 4.57 Å². The molecule has 4 N–H and O–H groups in total. The number of hydrogen-bond donors (Lipinski definition) is 3. The fourth-order valence-corrected chi connectivity index (χ4v) is 1.89. The van der Waals surface area contributed by atoms with Crippen LogP contribution in [0.3, 0.4) is 0 Å². The number of aromatic amines is 1. The van der Waals surface area contributed by atoms with Crippen LogP contribution in [0.15, 0.2) is 9.59 Å². The first-order valence-electron chi connectivity index (χ1n) is 6.82. The van der Waals surface area contributed by atoms with Crippen LogP contribution in [0.25, 0.3) is 0 Å². The topological polar surface area (TPSA) is 102 Å². The number of nitrogen functional groups attached to an aromatic ring is 1. The van der Waals surface area contributed by atoms with Gasteiger partial charge in [0, 0.05) is 26.8 Å². The third kappa shape index (κ3) is 4.41. The van der Waals surface area contributed by atoms with Gasteiger partial charge in [0.2, 0.25) is 0 Å². The Bertz CT molecular complexity index is 533. The van der Waals surface area contributed by atoms with Gasteiger partial charge in [-0.25, -0.2) is 4.79 Å². The molecule has 0 aliphatic heterocycles. The van der Waals surface area contributed by atoms with Crippen LogP contribution in [0.2, 0.25) is 0 Å². The van der Waals surface area contributed by atoms with E-state index < -0.39 is 11.2 Å². The zero-order valence-corrected chi connectivity index (χ0v) is 12.4. The van der Waals surface area contributed by atoms with Crippen molar-refractivity contribution in [3.05, 3.63) is 20.8 Å². The van der Waals surface area contributed by atoms with Crippen molar-refractivity contribution >= 4 is 11.5 Å². The summed E-state index contributed by atoms with van der Waals surface area (Å²) in [6.07, 6.45) is 1.75. The standard InChI is InChI=1S/C13H24N4O3/c1-9(2)8-17-11(14)10(12(18)16-13(17)19)15-6-4-5-7-20-3/h9,15H,4-8,14H2,1-3H3,(H,16,18,19). The Hall–Kier alpha value is -1.76. The molecule has 7 nitrogen and oxygen atoms in total. The van der Waals surface area contributed by atoms with Crippen molar-refractivity contribution < 1.29 is 4.74 Å². The lowest BCUT2D eigenvalue weighted by Crippen LogP contribution is -2.35. The number of methoxy groups -OCH3 is 1. The molecule has 1 rings (SSSR count). The van der Waals surface area contributed by atoms with E-state index in [9.17, 15) is 9.59 Å². The molecule has 0 saturated heterocycles. The van der Waals surface area contributed by atoms with Gasteiger partial charge in [-0.1, -0.05) is 13.8 Å². The SMILES string of the molecule is COCCCCNc1c(N)n(CC(C)C)c(=O)[nH]c1=O. The summed E-state index contributed by atoms with van der Waals surface area (Å²) in [7, 11) is 1.65. The number of nitrogens with one attached hydrogen (secondary N) is 2. The first-order valence-corrected chi connectivity index (χ1v) is 6.82. The quantitative estimate of drug-likeness (QED) is 0.607. The number of hydrogen-bond acceptors (Lipinski definition) is 5. The zero-order valence-electron chi connectivity index (χ0n) is 12.4. The number of nitrogens with zero attached hydrogens (tertiary/aromatic N) is 1. The number of rotatable bonds is 8. The summed E-state index contributed by atoms with van der Waals surface area (Å²) in [5, 5.41) is 3.00. The third-order valence-corrected chi connectivity index (χ3v) is 2.86. The summed E-state index contributed by atoms with van der Waals surface area (Å²) < 4.78 is 6.35. The molecule has 0 aromatic carbocycles. The van der Waals surface area contributed by atoms with Gasteiger partial charge in [-0.15, -0.1) is 0 Å². The van der Waals surface area contributed by atoms with Crippen molar-refractivity contribution in [1.82, 2.24) is 9.55 Å². The third-order valence-electron chi connectivity index (χ3n) is 2.86. The van der Waals surface area contributed by atoms with E-state index in [-0.39, 0.29) is 17.4 Å². The van der Waals surface area contributed by atoms with Crippen molar-refractivity contribution in [3.63, 3.8) is 0 Å². The molecule has 0 atom stereocenters. The average Bonchev–Trinajstić information content (AvgIpc) is 2.37. The molecular weight excluding hydrogens is 260 g/mol. The Morgan fingerprint density at radius 1 is 1.35 bits per heavy atom. The molecule has 0 aliphatic rings. The molecule has 0 aliphatic carbocycles. The van der Waals surface area contributed by atoms with Gasteiger partial charge in [-0.2, -0.15) is 0 Å². The first kappa shape index (κ1) is 16.3. The predicted molar refractivity (Wildman–Crippen MR) is 80.2 cm³/mol. The largest absolute Gasteiger partial charge is 0.385 e. The molecule has 0 amide bonds. The maximum absolute atomic E-state index is 11.8. The van der Waals surface area contributed by atoms with Gasteiger partial charge < -0.3 is 15.8 Å². The van der Waals surface area contributed by atoms with Crippen LogP contribution in [0.4, 0.5) is 11.5 Å². The Labute approximate surface area is 118 Å². The molecule has 0 fully saturated rings. The lowest BCUT2D eigenvalue weighted by Gasteiger charge is -2.15. The van der Waals surface area contributed by atoms with E-state index >= 15 is 0 Å². The average molecular weight is 284 g/mol. The molecule has 0 bridgehead atoms. The van der Waals surface area contributed by atoms with E-state index in [4.69, 9.17) is 10.5 Å². The molecule has 0 radical (unpaired) electrons. The predicted octanol–water partition coefficient (Wildman–Crippen LogP) is 0.613. The maximum atomic E-state index is 11.8. The molecule has 0 saturated carbocycles. The van der Waals surface area contributed by atoms with Gasteiger partial charge in [0.15, 0.2) is 0 Å². The van der Waals surface area contributed by atoms with Crippen molar-refractivity contribution in [3.8, 4) is 0 Å². The van der Waals surface area contributed by atoms with Crippen molar-refractivity contribution in [2.45, 2.75) is 33.2 Å². The maximum Gasteiger partial charge on any atom is 0.330 e. The van der Waals surface area contributed by atoms with Crippen molar-refractivity contribution in [2.75, 3.05) is 31.3 Å². The van der Waals surface area contributed by atoms with Gasteiger partial charge in [0.1, 0.15) is 11.5 Å². The van der Waals surface area contributed by atoms with Crippen molar-refractivity contribution in [1.29, 1.82) is 0 Å². The molecule has 1 aromatic heterocycles. The van der Waals surface area contributed by atoms with Gasteiger partial charge in [0.25, 0.3) is 5.56 Å². The lowest BCUT2D eigenvalue weighted by molar-refractivity contribution is 0.194. The fourth-order valence-electron chi connectivity index (χ4n) is 1.89. The Balaban J connectivity index is 2.85. The van der Waals surface area contributed by atoms with Crippen LogP contribution in [-0.4, -0.2) is 29.8 Å². The zero-order chi connectivity index (χ0) is 15.1. The van der Waals surface area contributed by atoms with Crippen LogP contribution < -0.4 is 22.3 Å². The van der Waals surface area contributed by atoms with Crippen LogP contribution in [0.5, 0.6) is 0 Å². The molecule has 0 unspecified atom stereocenters. The van der Waals surface area contributed by atoms with Crippen LogP contribution >= 0.6 is 0 Å². The number of anilines is 2. The minimum absolute atomic E-state index is 0.194. The van der Waals surface area contributed by atoms with Crippen LogP contribution in [0.1, 0.15) is 26.7 Å². The highest BCUT2D eigenvalue weighted by molar-refractivity contribution is 5.60. The second-order valence-corrected chi connectivity index (χ2v) is 5.15. The first-order chi connectivity index (χ1) is 9.47. The molecule has 1 aromatic rings. The highest BCUT2D eigenvalue weighted by Crippen LogP contribution is 2.11. The number of ether oxygens (including phenoxy) is 1. The minimum Gasteiger partial charge on any atom is -0.385 e. The Morgan fingerprint density at radius 3 is 2.65 bits per heavy atom. The summed E-state index contributed by atoms with van der Waals surface area (Å²) >= 11 is 0. The van der Waals surface area contributed by atoms with E-state index in [1.807, 2.05) is 13.8 Å².